The molecule has 2 rings (SSSR count). The van der Waals surface area contributed by atoms with E-state index in [-0.39, 0.29) is 0 Å². The van der Waals surface area contributed by atoms with E-state index in [1.54, 1.807) is 7.11 Å². The van der Waals surface area contributed by atoms with Crippen LogP contribution in [0, 0.1) is 0 Å². The van der Waals surface area contributed by atoms with E-state index < -0.39 is 0 Å². The number of benzene rings is 1. The minimum absolute atomic E-state index is 0.646. The molecule has 2 nitrogen and oxygen atoms in total. The smallest absolute Gasteiger partial charge is 0.122 e. The van der Waals surface area contributed by atoms with Gasteiger partial charge < -0.3 is 10.1 Å². The minimum Gasteiger partial charge on any atom is -0.496 e. The van der Waals surface area contributed by atoms with Crippen LogP contribution in [0.5, 0.6) is 5.75 Å². The predicted octanol–water partition coefficient (Wildman–Crippen LogP) is 3.72. The highest BCUT2D eigenvalue weighted by atomic mass is 16.5. The quantitative estimate of drug-likeness (QED) is 0.819. The van der Waals surface area contributed by atoms with Crippen molar-refractivity contribution in [3.63, 3.8) is 0 Å². The fourth-order valence-corrected chi connectivity index (χ4v) is 3.12. The minimum atomic E-state index is 0.646. The standard InChI is InChI=1S/C16H25NO/c1-3-17-14-9-5-4-8-13(12-14)15-10-6-7-11-16(15)18-2/h6-7,10-11,13-14,17H,3-5,8-9,12H2,1-2H3. The second-order valence-corrected chi connectivity index (χ2v) is 5.21. The number of rotatable bonds is 4. The molecule has 0 bridgehead atoms. The van der Waals surface area contributed by atoms with Crippen molar-refractivity contribution < 1.29 is 4.74 Å². The number of methoxy groups -OCH3 is 1. The van der Waals surface area contributed by atoms with Crippen LogP contribution in [-0.2, 0) is 0 Å². The summed E-state index contributed by atoms with van der Waals surface area (Å²) in [4.78, 5) is 0. The lowest BCUT2D eigenvalue weighted by molar-refractivity contribution is 0.395. The zero-order valence-corrected chi connectivity index (χ0v) is 11.6. The molecule has 1 aliphatic rings. The van der Waals surface area contributed by atoms with Crippen LogP contribution in [0.4, 0.5) is 0 Å². The lowest BCUT2D eigenvalue weighted by Gasteiger charge is -2.22. The highest BCUT2D eigenvalue weighted by molar-refractivity contribution is 5.36. The summed E-state index contributed by atoms with van der Waals surface area (Å²) in [6, 6.07) is 9.18. The lowest BCUT2D eigenvalue weighted by Crippen LogP contribution is -2.29. The Kier molecular flexibility index (Phi) is 5.06. The van der Waals surface area contributed by atoms with Gasteiger partial charge in [-0.05, 0) is 43.4 Å². The molecule has 18 heavy (non-hydrogen) atoms. The summed E-state index contributed by atoms with van der Waals surface area (Å²) in [7, 11) is 1.78. The van der Waals surface area contributed by atoms with Gasteiger partial charge in [-0.25, -0.2) is 0 Å². The van der Waals surface area contributed by atoms with Gasteiger partial charge in [0.1, 0.15) is 5.75 Å². The summed E-state index contributed by atoms with van der Waals surface area (Å²) in [5, 5.41) is 3.62. The number of hydrogen-bond acceptors (Lipinski definition) is 2. The number of nitrogens with one attached hydrogen (secondary N) is 1. The third kappa shape index (κ3) is 3.26. The zero-order chi connectivity index (χ0) is 12.8. The summed E-state index contributed by atoms with van der Waals surface area (Å²) < 4.78 is 5.51. The van der Waals surface area contributed by atoms with E-state index in [2.05, 4.69) is 36.5 Å². The van der Waals surface area contributed by atoms with Gasteiger partial charge in [0, 0.05) is 6.04 Å². The molecule has 0 aliphatic heterocycles. The maximum absolute atomic E-state index is 5.51. The number of ether oxygens (including phenoxy) is 1. The third-order valence-corrected chi connectivity index (χ3v) is 4.00. The van der Waals surface area contributed by atoms with Gasteiger partial charge in [-0.1, -0.05) is 38.0 Å². The molecular weight excluding hydrogens is 222 g/mol. The van der Waals surface area contributed by atoms with Crippen molar-refractivity contribution in [2.24, 2.45) is 0 Å². The average Bonchev–Trinajstić information content (AvgIpc) is 2.65. The van der Waals surface area contributed by atoms with E-state index in [4.69, 9.17) is 4.74 Å². The van der Waals surface area contributed by atoms with Crippen molar-refractivity contribution in [3.05, 3.63) is 29.8 Å². The number of hydrogen-bond donors (Lipinski definition) is 1. The van der Waals surface area contributed by atoms with Crippen molar-refractivity contribution in [1.82, 2.24) is 5.32 Å². The Morgan fingerprint density at radius 2 is 2.00 bits per heavy atom. The fraction of sp³-hybridized carbons (Fsp3) is 0.625. The predicted molar refractivity (Wildman–Crippen MR) is 76.3 cm³/mol. The highest BCUT2D eigenvalue weighted by Crippen LogP contribution is 2.36. The third-order valence-electron chi connectivity index (χ3n) is 4.00. The Bertz CT molecular complexity index is 364. The fourth-order valence-electron chi connectivity index (χ4n) is 3.12. The van der Waals surface area contributed by atoms with Crippen molar-refractivity contribution in [2.75, 3.05) is 13.7 Å². The van der Waals surface area contributed by atoms with Gasteiger partial charge in [-0.2, -0.15) is 0 Å². The Labute approximate surface area is 111 Å². The van der Waals surface area contributed by atoms with Gasteiger partial charge in [-0.15, -0.1) is 0 Å². The van der Waals surface area contributed by atoms with Crippen LogP contribution in [0.15, 0.2) is 24.3 Å². The molecule has 0 amide bonds. The molecule has 2 unspecified atom stereocenters. The summed E-state index contributed by atoms with van der Waals surface area (Å²) >= 11 is 0. The Balaban J connectivity index is 2.14. The van der Waals surface area contributed by atoms with Crippen molar-refractivity contribution >= 4 is 0 Å². The molecular formula is C16H25NO. The van der Waals surface area contributed by atoms with Gasteiger partial charge in [0.15, 0.2) is 0 Å². The van der Waals surface area contributed by atoms with Gasteiger partial charge in [0.05, 0.1) is 7.11 Å². The molecule has 0 saturated heterocycles. The molecule has 0 spiro atoms. The molecule has 1 saturated carbocycles. The zero-order valence-electron chi connectivity index (χ0n) is 11.6. The average molecular weight is 247 g/mol. The molecule has 2 heteroatoms. The molecule has 2 atom stereocenters. The second kappa shape index (κ2) is 6.79. The molecule has 0 radical (unpaired) electrons. The first-order chi connectivity index (χ1) is 8.85. The van der Waals surface area contributed by atoms with Crippen molar-refractivity contribution in [1.29, 1.82) is 0 Å². The molecule has 0 heterocycles. The van der Waals surface area contributed by atoms with E-state index in [0.717, 1.165) is 12.3 Å². The summed E-state index contributed by atoms with van der Waals surface area (Å²) in [6.45, 7) is 3.27. The van der Waals surface area contributed by atoms with Gasteiger partial charge >= 0.3 is 0 Å². The van der Waals surface area contributed by atoms with E-state index in [9.17, 15) is 0 Å². The molecule has 1 N–H and O–H groups in total. The molecule has 0 aromatic heterocycles. The van der Waals surface area contributed by atoms with Crippen molar-refractivity contribution in [3.8, 4) is 5.75 Å². The second-order valence-electron chi connectivity index (χ2n) is 5.21. The maximum Gasteiger partial charge on any atom is 0.122 e. The largest absolute Gasteiger partial charge is 0.496 e. The van der Waals surface area contributed by atoms with Crippen LogP contribution < -0.4 is 10.1 Å². The molecule has 1 aromatic rings. The van der Waals surface area contributed by atoms with Crippen LogP contribution in [0.2, 0.25) is 0 Å². The van der Waals surface area contributed by atoms with E-state index in [0.29, 0.717) is 12.0 Å². The maximum atomic E-state index is 5.51. The van der Waals surface area contributed by atoms with E-state index >= 15 is 0 Å². The monoisotopic (exact) mass is 247 g/mol. The van der Waals surface area contributed by atoms with Crippen LogP contribution in [-0.4, -0.2) is 19.7 Å². The van der Waals surface area contributed by atoms with E-state index in [1.807, 2.05) is 0 Å². The van der Waals surface area contributed by atoms with Gasteiger partial charge in [-0.3, -0.25) is 0 Å². The van der Waals surface area contributed by atoms with Crippen LogP contribution in [0.3, 0.4) is 0 Å². The normalized spacial score (nSPS) is 24.6. The van der Waals surface area contributed by atoms with Crippen molar-refractivity contribution in [2.45, 2.75) is 51.0 Å². The Morgan fingerprint density at radius 1 is 1.22 bits per heavy atom. The van der Waals surface area contributed by atoms with Gasteiger partial charge in [0.2, 0.25) is 0 Å². The Morgan fingerprint density at radius 3 is 2.78 bits per heavy atom. The summed E-state index contributed by atoms with van der Waals surface area (Å²) in [6.07, 6.45) is 6.55. The molecule has 100 valence electrons. The van der Waals surface area contributed by atoms with Crippen LogP contribution in [0.1, 0.15) is 50.5 Å². The molecule has 1 aliphatic carbocycles. The van der Waals surface area contributed by atoms with Gasteiger partial charge in [0.25, 0.3) is 0 Å². The molecule has 1 fully saturated rings. The summed E-state index contributed by atoms with van der Waals surface area (Å²) in [5.41, 5.74) is 1.39. The van der Waals surface area contributed by atoms with Crippen LogP contribution in [0.25, 0.3) is 0 Å². The summed E-state index contributed by atoms with van der Waals surface area (Å²) in [5.74, 6) is 1.70. The SMILES string of the molecule is CCNC1CCCCC(c2ccccc2OC)C1. The van der Waals surface area contributed by atoms with Crippen LogP contribution >= 0.6 is 0 Å². The Hall–Kier alpha value is -1.02. The topological polar surface area (TPSA) is 21.3 Å². The highest BCUT2D eigenvalue weighted by Gasteiger charge is 2.22. The first-order valence-electron chi connectivity index (χ1n) is 7.21. The molecule has 1 aromatic carbocycles. The first-order valence-corrected chi connectivity index (χ1v) is 7.21. The lowest BCUT2D eigenvalue weighted by atomic mass is 9.89. The number of para-hydroxylation sites is 1. The first kappa shape index (κ1) is 13.4. The van der Waals surface area contributed by atoms with E-state index in [1.165, 1.54) is 37.7 Å².